The number of esters is 1. The summed E-state index contributed by atoms with van der Waals surface area (Å²) in [5.41, 5.74) is 10.7. The van der Waals surface area contributed by atoms with E-state index in [0.29, 0.717) is 6.61 Å². The quantitative estimate of drug-likeness (QED) is 0.472. The number of rotatable bonds is 5. The molecule has 3 aliphatic rings. The molecule has 1 aliphatic carbocycles. The van der Waals surface area contributed by atoms with Gasteiger partial charge in [-0.2, -0.15) is 0 Å². The van der Waals surface area contributed by atoms with E-state index in [-0.39, 0.29) is 34.8 Å². The van der Waals surface area contributed by atoms with Gasteiger partial charge in [0.25, 0.3) is 0 Å². The van der Waals surface area contributed by atoms with Gasteiger partial charge in [0.05, 0.1) is 29.1 Å². The van der Waals surface area contributed by atoms with Crippen molar-refractivity contribution in [2.24, 2.45) is 16.8 Å². The van der Waals surface area contributed by atoms with Crippen molar-refractivity contribution < 1.29 is 9.53 Å². The molecule has 2 aliphatic heterocycles. The first kappa shape index (κ1) is 21.4. The van der Waals surface area contributed by atoms with E-state index in [4.69, 9.17) is 9.73 Å². The second-order valence-electron chi connectivity index (χ2n) is 8.85. The third-order valence-corrected chi connectivity index (χ3v) is 7.55. The molecular formula is C26H28BrN3O2. The Bertz CT molecular complexity index is 1100. The summed E-state index contributed by atoms with van der Waals surface area (Å²) in [5.74, 6) is -0.0523. The molecule has 5 unspecified atom stereocenters. The van der Waals surface area contributed by atoms with Gasteiger partial charge in [0.1, 0.15) is 6.17 Å². The van der Waals surface area contributed by atoms with Crippen LogP contribution >= 0.6 is 15.9 Å². The average molecular weight is 494 g/mol. The summed E-state index contributed by atoms with van der Waals surface area (Å²) >= 11 is 3.95. The highest BCUT2D eigenvalue weighted by molar-refractivity contribution is 9.09. The second-order valence-corrected chi connectivity index (χ2v) is 9.91. The van der Waals surface area contributed by atoms with Crippen molar-refractivity contribution in [3.05, 3.63) is 76.9 Å². The van der Waals surface area contributed by atoms with Crippen LogP contribution in [0.5, 0.6) is 0 Å². The van der Waals surface area contributed by atoms with Gasteiger partial charge in [-0.15, -0.1) is 0 Å². The van der Waals surface area contributed by atoms with E-state index >= 15 is 0 Å². The van der Waals surface area contributed by atoms with Crippen molar-refractivity contribution in [1.29, 1.82) is 0 Å². The topological polar surface area (TPSA) is 53.9 Å². The zero-order valence-electron chi connectivity index (χ0n) is 18.6. The van der Waals surface area contributed by atoms with Crippen LogP contribution in [-0.4, -0.2) is 34.3 Å². The maximum Gasteiger partial charge on any atom is 0.309 e. The lowest BCUT2D eigenvalue weighted by molar-refractivity contribution is -0.144. The molecule has 5 atom stereocenters. The maximum atomic E-state index is 12.3. The van der Waals surface area contributed by atoms with Gasteiger partial charge < -0.3 is 4.74 Å². The number of nitrogens with one attached hydrogen (secondary N) is 1. The number of aliphatic imine (C=N–C) groups is 1. The highest BCUT2D eigenvalue weighted by Gasteiger charge is 2.50. The van der Waals surface area contributed by atoms with Crippen LogP contribution in [0.1, 0.15) is 41.6 Å². The van der Waals surface area contributed by atoms with E-state index in [1.807, 2.05) is 13.0 Å². The number of ether oxygens (including phenoxy) is 1. The molecule has 2 aromatic carbocycles. The first-order chi connectivity index (χ1) is 15.5. The first-order valence-electron chi connectivity index (χ1n) is 11.3. The zero-order chi connectivity index (χ0) is 22.4. The van der Waals surface area contributed by atoms with Gasteiger partial charge in [-0.1, -0.05) is 70.0 Å². The Morgan fingerprint density at radius 1 is 1.22 bits per heavy atom. The smallest absolute Gasteiger partial charge is 0.309 e. The number of hydrogen-bond donors (Lipinski definition) is 1. The summed E-state index contributed by atoms with van der Waals surface area (Å²) in [6.45, 7) is 6.54. The fourth-order valence-corrected chi connectivity index (χ4v) is 5.59. The highest BCUT2D eigenvalue weighted by Crippen LogP contribution is 2.46. The molecule has 0 bridgehead atoms. The number of allylic oxidation sites excluding steroid dienone is 1. The minimum Gasteiger partial charge on any atom is -0.466 e. The summed E-state index contributed by atoms with van der Waals surface area (Å²) in [6, 6.07) is 17.1. The summed E-state index contributed by atoms with van der Waals surface area (Å²) in [7, 11) is 0. The Morgan fingerprint density at radius 2 is 2.00 bits per heavy atom. The SMILES string of the molecule is CCOC(=O)C1CC1C1=NC2C(Br)C(c3ccccc3)NN2C(c2ccc(C)cc2C)=C1. The van der Waals surface area contributed by atoms with Crippen LogP contribution in [-0.2, 0) is 9.53 Å². The van der Waals surface area contributed by atoms with Crippen molar-refractivity contribution >= 4 is 33.3 Å². The minimum atomic E-state index is -0.105. The Balaban J connectivity index is 1.53. The second kappa shape index (κ2) is 8.49. The normalized spacial score (nSPS) is 28.6. The Kier molecular flexibility index (Phi) is 5.68. The molecule has 1 saturated heterocycles. The number of hydrazine groups is 1. The van der Waals surface area contributed by atoms with E-state index in [1.165, 1.54) is 22.3 Å². The standard InChI is InChI=1S/C26H28BrN3O2/c1-4-32-26(31)20-13-19(20)21-14-22(18-11-10-15(2)12-16(18)3)30-25(28-21)23(27)24(29-30)17-8-6-5-7-9-17/h5-12,14,19-20,23-25,29H,4,13H2,1-3H3. The van der Waals surface area contributed by atoms with Gasteiger partial charge in [0.15, 0.2) is 0 Å². The number of alkyl halides is 1. The summed E-state index contributed by atoms with van der Waals surface area (Å²) in [6.07, 6.45) is 2.88. The number of hydrogen-bond acceptors (Lipinski definition) is 5. The third-order valence-electron chi connectivity index (χ3n) is 6.55. The van der Waals surface area contributed by atoms with Crippen molar-refractivity contribution in [2.45, 2.75) is 44.2 Å². The Labute approximate surface area is 197 Å². The van der Waals surface area contributed by atoms with E-state index in [9.17, 15) is 4.79 Å². The number of carbonyl (C=O) groups is 1. The molecule has 6 heteroatoms. The van der Waals surface area contributed by atoms with Crippen molar-refractivity contribution in [1.82, 2.24) is 10.4 Å². The van der Waals surface area contributed by atoms with E-state index in [2.05, 4.69) is 88.8 Å². The number of nitrogens with zero attached hydrogens (tertiary/aromatic N) is 2. The molecule has 2 aromatic rings. The molecule has 5 rings (SSSR count). The van der Waals surface area contributed by atoms with Gasteiger partial charge in [-0.3, -0.25) is 14.8 Å². The minimum absolute atomic E-state index is 0.0788. The van der Waals surface area contributed by atoms with Crippen LogP contribution in [0.25, 0.3) is 5.70 Å². The Hall–Kier alpha value is -2.44. The highest BCUT2D eigenvalue weighted by atomic mass is 79.9. The molecule has 0 spiro atoms. The molecular weight excluding hydrogens is 466 g/mol. The van der Waals surface area contributed by atoms with Crippen LogP contribution in [0.2, 0.25) is 0 Å². The van der Waals surface area contributed by atoms with E-state index in [0.717, 1.165) is 17.8 Å². The van der Waals surface area contributed by atoms with Gasteiger partial charge in [-0.05, 0) is 44.4 Å². The Morgan fingerprint density at radius 3 is 2.72 bits per heavy atom. The molecule has 5 nitrogen and oxygen atoms in total. The van der Waals surface area contributed by atoms with Crippen LogP contribution in [0.15, 0.2) is 59.6 Å². The largest absolute Gasteiger partial charge is 0.466 e. The zero-order valence-corrected chi connectivity index (χ0v) is 20.2. The lowest BCUT2D eigenvalue weighted by Gasteiger charge is -2.32. The number of benzene rings is 2. The van der Waals surface area contributed by atoms with E-state index < -0.39 is 0 Å². The fourth-order valence-electron chi connectivity index (χ4n) is 4.81. The molecule has 166 valence electrons. The molecule has 1 N–H and O–H groups in total. The number of aryl methyl sites for hydroxylation is 2. The number of fused-ring (bicyclic) bond motifs is 1. The predicted octanol–water partition coefficient (Wildman–Crippen LogP) is 4.95. The van der Waals surface area contributed by atoms with Crippen LogP contribution in [0.3, 0.4) is 0 Å². The number of halogens is 1. The predicted molar refractivity (Wildman–Crippen MR) is 130 cm³/mol. The molecule has 0 aromatic heterocycles. The van der Waals surface area contributed by atoms with Crippen molar-refractivity contribution in [3.8, 4) is 0 Å². The molecule has 2 heterocycles. The van der Waals surface area contributed by atoms with Gasteiger partial charge in [0.2, 0.25) is 0 Å². The van der Waals surface area contributed by atoms with Gasteiger partial charge >= 0.3 is 5.97 Å². The van der Waals surface area contributed by atoms with Gasteiger partial charge in [0, 0.05) is 17.2 Å². The fraction of sp³-hybridized carbons (Fsp3) is 0.385. The maximum absolute atomic E-state index is 12.3. The molecule has 2 fully saturated rings. The first-order valence-corrected chi connectivity index (χ1v) is 12.2. The summed E-state index contributed by atoms with van der Waals surface area (Å²) in [5, 5.41) is 2.19. The summed E-state index contributed by atoms with van der Waals surface area (Å²) in [4.78, 5) is 17.5. The average Bonchev–Trinajstić information content (AvgIpc) is 3.52. The monoisotopic (exact) mass is 493 g/mol. The summed E-state index contributed by atoms with van der Waals surface area (Å²) < 4.78 is 5.27. The van der Waals surface area contributed by atoms with E-state index in [1.54, 1.807) is 0 Å². The van der Waals surface area contributed by atoms with Crippen molar-refractivity contribution in [3.63, 3.8) is 0 Å². The molecule has 0 radical (unpaired) electrons. The van der Waals surface area contributed by atoms with Crippen LogP contribution in [0.4, 0.5) is 0 Å². The lowest BCUT2D eigenvalue weighted by Crippen LogP contribution is -2.39. The lowest BCUT2D eigenvalue weighted by atomic mass is 9.99. The molecule has 1 saturated carbocycles. The molecule has 32 heavy (non-hydrogen) atoms. The molecule has 0 amide bonds. The van der Waals surface area contributed by atoms with Gasteiger partial charge in [-0.25, -0.2) is 5.43 Å². The van der Waals surface area contributed by atoms with Crippen molar-refractivity contribution in [2.75, 3.05) is 6.61 Å². The number of carbonyl (C=O) groups excluding carboxylic acids is 1. The van der Waals surface area contributed by atoms with Crippen LogP contribution < -0.4 is 5.43 Å². The van der Waals surface area contributed by atoms with Crippen LogP contribution in [0, 0.1) is 25.7 Å². The third kappa shape index (κ3) is 3.80.